The molecule has 0 spiro atoms. The molecule has 1 aliphatic rings. The highest BCUT2D eigenvalue weighted by Crippen LogP contribution is 2.30. The fourth-order valence-electron chi connectivity index (χ4n) is 2.79. The van der Waals surface area contributed by atoms with Gasteiger partial charge >= 0.3 is 0 Å². The van der Waals surface area contributed by atoms with Crippen LogP contribution in [-0.2, 0) is 6.54 Å². The second-order valence-electron chi connectivity index (χ2n) is 5.75. The maximum atomic E-state index is 14.2. The average molecular weight is 356 g/mol. The third-order valence-corrected chi connectivity index (χ3v) is 5.15. The Balaban J connectivity index is 1.69. The lowest BCUT2D eigenvalue weighted by Crippen LogP contribution is -2.28. The standard InChI is InChI=1S/C16H19ClFN3OS/c17-16-20-9-12(23-16)8-19-14-3-1-2-13(18)15(14)21-10-4-6-11(22)7-5-10/h1-3,9-11,19,21-22H,4-8H2. The van der Waals surface area contributed by atoms with Crippen LogP contribution in [0.4, 0.5) is 15.8 Å². The lowest BCUT2D eigenvalue weighted by molar-refractivity contribution is 0.126. The van der Waals surface area contributed by atoms with Crippen LogP contribution >= 0.6 is 22.9 Å². The quantitative estimate of drug-likeness (QED) is 0.750. The summed E-state index contributed by atoms with van der Waals surface area (Å²) < 4.78 is 14.7. The van der Waals surface area contributed by atoms with E-state index in [1.807, 2.05) is 6.07 Å². The number of aliphatic hydroxyl groups is 1. The van der Waals surface area contributed by atoms with Crippen molar-refractivity contribution in [1.82, 2.24) is 4.98 Å². The molecule has 3 rings (SSSR count). The Kier molecular flexibility index (Phi) is 5.35. The van der Waals surface area contributed by atoms with Crippen LogP contribution in [-0.4, -0.2) is 22.2 Å². The van der Waals surface area contributed by atoms with Gasteiger partial charge in [-0.15, -0.1) is 11.3 Å². The molecule has 1 aromatic carbocycles. The smallest absolute Gasteiger partial charge is 0.183 e. The lowest BCUT2D eigenvalue weighted by Gasteiger charge is -2.28. The van der Waals surface area contributed by atoms with Crippen molar-refractivity contribution in [3.05, 3.63) is 39.6 Å². The van der Waals surface area contributed by atoms with Crippen LogP contribution in [0.3, 0.4) is 0 Å². The van der Waals surface area contributed by atoms with Crippen molar-refractivity contribution in [2.75, 3.05) is 10.6 Å². The SMILES string of the molecule is OC1CCC(Nc2c(F)cccc2NCc2cnc(Cl)s2)CC1. The fourth-order valence-corrected chi connectivity index (χ4v) is 3.71. The van der Waals surface area contributed by atoms with Crippen LogP contribution < -0.4 is 10.6 Å². The summed E-state index contributed by atoms with van der Waals surface area (Å²) in [6.45, 7) is 0.548. The fraction of sp³-hybridized carbons (Fsp3) is 0.438. The first-order chi connectivity index (χ1) is 11.1. The number of aliphatic hydroxyl groups excluding tert-OH is 1. The second-order valence-corrected chi connectivity index (χ2v) is 7.44. The number of hydrogen-bond acceptors (Lipinski definition) is 5. The van der Waals surface area contributed by atoms with Crippen molar-refractivity contribution in [3.8, 4) is 0 Å². The molecule has 0 bridgehead atoms. The first-order valence-electron chi connectivity index (χ1n) is 7.69. The van der Waals surface area contributed by atoms with Crippen LogP contribution in [0, 0.1) is 5.82 Å². The van der Waals surface area contributed by atoms with Gasteiger partial charge in [-0.2, -0.15) is 0 Å². The molecule has 23 heavy (non-hydrogen) atoms. The van der Waals surface area contributed by atoms with Crippen molar-refractivity contribution in [2.24, 2.45) is 0 Å². The minimum absolute atomic E-state index is 0.189. The zero-order valence-corrected chi connectivity index (χ0v) is 14.1. The Morgan fingerprint density at radius 3 is 2.78 bits per heavy atom. The molecule has 1 saturated carbocycles. The molecule has 0 radical (unpaired) electrons. The third-order valence-electron chi connectivity index (χ3n) is 4.04. The van der Waals surface area contributed by atoms with Crippen molar-refractivity contribution in [1.29, 1.82) is 0 Å². The van der Waals surface area contributed by atoms with Gasteiger partial charge in [0, 0.05) is 17.1 Å². The first kappa shape index (κ1) is 16.5. The van der Waals surface area contributed by atoms with Crippen LogP contribution in [0.25, 0.3) is 0 Å². The summed E-state index contributed by atoms with van der Waals surface area (Å²) in [6.07, 6.45) is 4.71. The summed E-state index contributed by atoms with van der Waals surface area (Å²) >= 11 is 7.23. The zero-order valence-electron chi connectivity index (χ0n) is 12.6. The number of hydrogen-bond donors (Lipinski definition) is 3. The van der Waals surface area contributed by atoms with E-state index in [0.29, 0.717) is 16.7 Å². The van der Waals surface area contributed by atoms with E-state index >= 15 is 0 Å². The Bertz CT molecular complexity index is 659. The molecule has 4 nitrogen and oxygen atoms in total. The van der Waals surface area contributed by atoms with Gasteiger partial charge < -0.3 is 15.7 Å². The van der Waals surface area contributed by atoms with E-state index in [1.54, 1.807) is 12.3 Å². The Labute approximate surface area is 143 Å². The molecule has 1 aliphatic carbocycles. The van der Waals surface area contributed by atoms with Gasteiger partial charge in [-0.05, 0) is 37.8 Å². The second kappa shape index (κ2) is 7.47. The number of anilines is 2. The number of nitrogens with one attached hydrogen (secondary N) is 2. The van der Waals surface area contributed by atoms with E-state index < -0.39 is 0 Å². The number of halogens is 2. The number of rotatable bonds is 5. The zero-order chi connectivity index (χ0) is 16.2. The molecular weight excluding hydrogens is 337 g/mol. The van der Waals surface area contributed by atoms with E-state index in [9.17, 15) is 9.50 Å². The highest BCUT2D eigenvalue weighted by atomic mass is 35.5. The van der Waals surface area contributed by atoms with Gasteiger partial charge in [0.1, 0.15) is 5.82 Å². The van der Waals surface area contributed by atoms with Crippen LogP contribution in [0.5, 0.6) is 0 Å². The highest BCUT2D eigenvalue weighted by Gasteiger charge is 2.21. The maximum absolute atomic E-state index is 14.2. The van der Waals surface area contributed by atoms with Crippen molar-refractivity contribution < 1.29 is 9.50 Å². The molecule has 0 unspecified atom stereocenters. The van der Waals surface area contributed by atoms with Crippen molar-refractivity contribution >= 4 is 34.3 Å². The maximum Gasteiger partial charge on any atom is 0.183 e. The number of aromatic nitrogens is 1. The van der Waals surface area contributed by atoms with Gasteiger partial charge in [0.15, 0.2) is 4.47 Å². The average Bonchev–Trinajstić information content (AvgIpc) is 2.95. The van der Waals surface area contributed by atoms with Crippen LogP contribution in [0.2, 0.25) is 4.47 Å². The van der Waals surface area contributed by atoms with Gasteiger partial charge in [0.05, 0.1) is 24.0 Å². The predicted molar refractivity (Wildman–Crippen MR) is 92.7 cm³/mol. The number of benzene rings is 1. The summed E-state index contributed by atoms with van der Waals surface area (Å²) in [5.41, 5.74) is 1.21. The molecule has 3 N–H and O–H groups in total. The Hall–Kier alpha value is -1.37. The summed E-state index contributed by atoms with van der Waals surface area (Å²) in [5, 5.41) is 16.1. The van der Waals surface area contributed by atoms with Crippen molar-refractivity contribution in [2.45, 2.75) is 44.4 Å². The molecule has 124 valence electrons. The van der Waals surface area contributed by atoms with Crippen molar-refractivity contribution in [3.63, 3.8) is 0 Å². The largest absolute Gasteiger partial charge is 0.393 e. The molecule has 0 aliphatic heterocycles. The minimum Gasteiger partial charge on any atom is -0.393 e. The number of nitrogens with zero attached hydrogens (tertiary/aromatic N) is 1. The topological polar surface area (TPSA) is 57.2 Å². The third kappa shape index (κ3) is 4.34. The molecule has 2 aromatic rings. The molecule has 1 aromatic heterocycles. The van der Waals surface area contributed by atoms with Gasteiger partial charge in [0.25, 0.3) is 0 Å². The van der Waals surface area contributed by atoms with E-state index in [4.69, 9.17) is 11.6 Å². The first-order valence-corrected chi connectivity index (χ1v) is 8.88. The molecule has 1 heterocycles. The normalized spacial score (nSPS) is 21.2. The van der Waals surface area contributed by atoms with Gasteiger partial charge in [-0.1, -0.05) is 17.7 Å². The van der Waals surface area contributed by atoms with E-state index in [-0.39, 0.29) is 18.0 Å². The molecule has 1 fully saturated rings. The van der Waals surface area contributed by atoms with Crippen LogP contribution in [0.15, 0.2) is 24.4 Å². The van der Waals surface area contributed by atoms with Gasteiger partial charge in [-0.25, -0.2) is 9.37 Å². The van der Waals surface area contributed by atoms with Crippen LogP contribution in [0.1, 0.15) is 30.6 Å². The van der Waals surface area contributed by atoms with Gasteiger partial charge in [-0.3, -0.25) is 0 Å². The van der Waals surface area contributed by atoms with E-state index in [2.05, 4.69) is 15.6 Å². The van der Waals surface area contributed by atoms with E-state index in [1.165, 1.54) is 17.4 Å². The molecular formula is C16H19ClFN3OS. The van der Waals surface area contributed by atoms with Gasteiger partial charge in [0.2, 0.25) is 0 Å². The lowest BCUT2D eigenvalue weighted by atomic mass is 9.93. The molecule has 0 atom stereocenters. The minimum atomic E-state index is -0.275. The molecule has 0 saturated heterocycles. The number of para-hydroxylation sites is 1. The molecule has 0 amide bonds. The Morgan fingerprint density at radius 1 is 1.30 bits per heavy atom. The summed E-state index contributed by atoms with van der Waals surface area (Å²) in [7, 11) is 0. The highest BCUT2D eigenvalue weighted by molar-refractivity contribution is 7.15. The van der Waals surface area contributed by atoms with E-state index in [0.717, 1.165) is 36.2 Å². The number of thiazole rings is 1. The summed E-state index contributed by atoms with van der Waals surface area (Å²) in [5.74, 6) is -0.275. The predicted octanol–water partition coefficient (Wildman–Crippen LogP) is 4.26. The monoisotopic (exact) mass is 355 g/mol. The Morgan fingerprint density at radius 2 is 2.09 bits per heavy atom. The summed E-state index contributed by atoms with van der Waals surface area (Å²) in [6, 6.07) is 5.18. The molecule has 7 heteroatoms. The summed E-state index contributed by atoms with van der Waals surface area (Å²) in [4.78, 5) is 4.99.